The zero-order chi connectivity index (χ0) is 27.7. The number of ketones is 1. The van der Waals surface area contributed by atoms with Crippen molar-refractivity contribution in [3.63, 3.8) is 0 Å². The minimum Gasteiger partial charge on any atom is -0.406 e. The predicted molar refractivity (Wildman–Crippen MR) is 123 cm³/mol. The van der Waals surface area contributed by atoms with E-state index in [4.69, 9.17) is 0 Å². The van der Waals surface area contributed by atoms with Gasteiger partial charge in [0.1, 0.15) is 5.75 Å². The third-order valence-electron chi connectivity index (χ3n) is 6.04. The van der Waals surface area contributed by atoms with Gasteiger partial charge in [-0.05, 0) is 55.3 Å². The number of hydrogen-bond acceptors (Lipinski definition) is 5. The first kappa shape index (κ1) is 27.4. The van der Waals surface area contributed by atoms with Crippen molar-refractivity contribution in [1.82, 2.24) is 14.7 Å². The number of carbonyl (C=O) groups is 2. The summed E-state index contributed by atoms with van der Waals surface area (Å²) < 4.78 is 82.4. The molecule has 1 amide bonds. The van der Waals surface area contributed by atoms with Gasteiger partial charge in [-0.25, -0.2) is 0 Å². The quantitative estimate of drug-likeness (QED) is 0.202. The summed E-state index contributed by atoms with van der Waals surface area (Å²) in [5, 5.41) is 5.22. The van der Waals surface area contributed by atoms with Crippen LogP contribution in [0, 0.1) is 12.8 Å². The SMILES string of the molecule is Cc1cc2nn(CC3CN(C(=O)c4ccc(OC(F)(F)F)cc4)C3)cc2cc1C(=O)CCCOC(F)(F)F. The molecular weight excluding hydrogens is 520 g/mol. The van der Waals surface area contributed by atoms with Crippen molar-refractivity contribution in [3.05, 3.63) is 59.3 Å². The van der Waals surface area contributed by atoms with E-state index in [-0.39, 0.29) is 36.0 Å². The minimum absolute atomic E-state index is 0.0581. The van der Waals surface area contributed by atoms with Gasteiger partial charge in [-0.1, -0.05) is 0 Å². The molecular formula is C25H23F6N3O4. The molecule has 1 aliphatic rings. The average molecular weight is 543 g/mol. The highest BCUT2D eigenvalue weighted by atomic mass is 19.4. The highest BCUT2D eigenvalue weighted by Crippen LogP contribution is 2.26. The largest absolute Gasteiger partial charge is 0.573 e. The Morgan fingerprint density at radius 3 is 2.34 bits per heavy atom. The number of nitrogens with zero attached hydrogens (tertiary/aromatic N) is 3. The van der Waals surface area contributed by atoms with Gasteiger partial charge in [0, 0.05) is 54.7 Å². The van der Waals surface area contributed by atoms with Crippen molar-refractivity contribution in [2.24, 2.45) is 5.92 Å². The van der Waals surface area contributed by atoms with E-state index in [1.54, 1.807) is 34.8 Å². The van der Waals surface area contributed by atoms with Crippen LogP contribution in [0.1, 0.15) is 39.1 Å². The van der Waals surface area contributed by atoms with Gasteiger partial charge in [-0.15, -0.1) is 26.3 Å². The number of likely N-dealkylation sites (tertiary alicyclic amines) is 1. The summed E-state index contributed by atoms with van der Waals surface area (Å²) in [6.07, 6.45) is -7.91. The van der Waals surface area contributed by atoms with Crippen LogP contribution in [-0.4, -0.2) is 58.8 Å². The number of rotatable bonds is 9. The van der Waals surface area contributed by atoms with Crippen LogP contribution in [0.15, 0.2) is 42.6 Å². The summed E-state index contributed by atoms with van der Waals surface area (Å²) in [5.41, 5.74) is 1.99. The molecule has 0 atom stereocenters. The fraction of sp³-hybridized carbons (Fsp3) is 0.400. The Morgan fingerprint density at radius 1 is 1.03 bits per heavy atom. The summed E-state index contributed by atoms with van der Waals surface area (Å²) >= 11 is 0. The lowest BCUT2D eigenvalue weighted by Gasteiger charge is -2.39. The topological polar surface area (TPSA) is 73.7 Å². The molecule has 2 aromatic carbocycles. The summed E-state index contributed by atoms with van der Waals surface area (Å²) in [6, 6.07) is 8.15. The van der Waals surface area contributed by atoms with Gasteiger partial charge in [0.05, 0.1) is 12.1 Å². The van der Waals surface area contributed by atoms with Crippen molar-refractivity contribution in [1.29, 1.82) is 0 Å². The molecule has 0 aliphatic carbocycles. The number of benzene rings is 2. The molecule has 2 heterocycles. The number of aromatic nitrogens is 2. The summed E-state index contributed by atoms with van der Waals surface area (Å²) in [4.78, 5) is 26.7. The van der Waals surface area contributed by atoms with Crippen LogP contribution >= 0.6 is 0 Å². The van der Waals surface area contributed by atoms with E-state index in [1.807, 2.05) is 0 Å². The number of halogens is 6. The molecule has 13 heteroatoms. The van der Waals surface area contributed by atoms with E-state index >= 15 is 0 Å². The molecule has 1 aromatic heterocycles. The summed E-state index contributed by atoms with van der Waals surface area (Å²) in [7, 11) is 0. The highest BCUT2D eigenvalue weighted by Gasteiger charge is 2.33. The molecule has 0 radical (unpaired) electrons. The lowest BCUT2D eigenvalue weighted by molar-refractivity contribution is -0.324. The van der Waals surface area contributed by atoms with Gasteiger partial charge in [-0.2, -0.15) is 5.10 Å². The third-order valence-corrected chi connectivity index (χ3v) is 6.04. The molecule has 0 N–H and O–H groups in total. The highest BCUT2D eigenvalue weighted by molar-refractivity contribution is 6.00. The average Bonchev–Trinajstić information content (AvgIpc) is 3.17. The van der Waals surface area contributed by atoms with E-state index in [0.29, 0.717) is 41.7 Å². The molecule has 204 valence electrons. The first-order chi connectivity index (χ1) is 17.8. The van der Waals surface area contributed by atoms with Crippen LogP contribution in [0.2, 0.25) is 0 Å². The molecule has 1 saturated heterocycles. The van der Waals surface area contributed by atoms with Gasteiger partial charge < -0.3 is 9.64 Å². The summed E-state index contributed by atoms with van der Waals surface area (Å²) in [5.74, 6) is -0.882. The molecule has 1 aliphatic heterocycles. The first-order valence-electron chi connectivity index (χ1n) is 11.6. The summed E-state index contributed by atoms with van der Waals surface area (Å²) in [6.45, 7) is 2.54. The second-order valence-electron chi connectivity index (χ2n) is 9.05. The van der Waals surface area contributed by atoms with Crippen molar-refractivity contribution >= 4 is 22.6 Å². The number of fused-ring (bicyclic) bond motifs is 1. The maximum Gasteiger partial charge on any atom is 0.573 e. The molecule has 1 fully saturated rings. The standard InChI is InChI=1S/C25H23F6N3O4/c1-15-9-21-18(10-20(15)22(35)3-2-8-37-24(26,27)28)14-34(32-21)13-16-11-33(12-16)23(36)17-4-6-19(7-5-17)38-25(29,30)31/h4-7,9-10,14,16H,2-3,8,11-13H2,1H3. The Kier molecular flexibility index (Phi) is 7.68. The second kappa shape index (κ2) is 10.6. The Hall–Kier alpha value is -3.61. The predicted octanol–water partition coefficient (Wildman–Crippen LogP) is 5.51. The zero-order valence-corrected chi connectivity index (χ0v) is 20.1. The van der Waals surface area contributed by atoms with Crippen molar-refractivity contribution in [2.45, 2.75) is 39.0 Å². The Morgan fingerprint density at radius 2 is 1.71 bits per heavy atom. The molecule has 7 nitrogen and oxygen atoms in total. The molecule has 0 bridgehead atoms. The lowest BCUT2D eigenvalue weighted by atomic mass is 9.98. The minimum atomic E-state index is -4.81. The molecule has 38 heavy (non-hydrogen) atoms. The first-order valence-corrected chi connectivity index (χ1v) is 11.6. The van der Waals surface area contributed by atoms with E-state index in [0.717, 1.165) is 12.1 Å². The number of amides is 1. The van der Waals surface area contributed by atoms with Gasteiger partial charge in [0.2, 0.25) is 0 Å². The second-order valence-corrected chi connectivity index (χ2v) is 9.05. The number of hydrogen-bond donors (Lipinski definition) is 0. The van der Waals surface area contributed by atoms with Gasteiger partial charge in [0.15, 0.2) is 5.78 Å². The number of carbonyl (C=O) groups excluding carboxylic acids is 2. The Bertz CT molecular complexity index is 1310. The Balaban J connectivity index is 1.31. The number of alkyl halides is 6. The van der Waals surface area contributed by atoms with E-state index in [9.17, 15) is 35.9 Å². The fourth-order valence-electron chi connectivity index (χ4n) is 4.27. The number of Topliss-reactive ketones (excluding diaryl/α,β-unsaturated/α-hetero) is 1. The van der Waals surface area contributed by atoms with Crippen LogP contribution in [0.3, 0.4) is 0 Å². The van der Waals surface area contributed by atoms with E-state index in [2.05, 4.69) is 14.6 Å². The smallest absolute Gasteiger partial charge is 0.406 e. The van der Waals surface area contributed by atoms with Crippen LogP contribution in [0.4, 0.5) is 26.3 Å². The zero-order valence-electron chi connectivity index (χ0n) is 20.1. The van der Waals surface area contributed by atoms with Gasteiger partial charge in [0.25, 0.3) is 5.91 Å². The fourth-order valence-corrected chi connectivity index (χ4v) is 4.27. The van der Waals surface area contributed by atoms with Gasteiger partial charge in [-0.3, -0.25) is 19.0 Å². The molecule has 0 unspecified atom stereocenters. The third kappa shape index (κ3) is 7.03. The van der Waals surface area contributed by atoms with Gasteiger partial charge >= 0.3 is 12.7 Å². The normalized spacial score (nSPS) is 14.6. The van der Waals surface area contributed by atoms with Crippen molar-refractivity contribution < 1.29 is 45.4 Å². The lowest BCUT2D eigenvalue weighted by Crippen LogP contribution is -2.51. The van der Waals surface area contributed by atoms with Crippen molar-refractivity contribution in [2.75, 3.05) is 19.7 Å². The Labute approximate surface area is 212 Å². The molecule has 0 spiro atoms. The molecule has 0 saturated carbocycles. The maximum atomic E-state index is 12.6. The maximum absolute atomic E-state index is 12.6. The van der Waals surface area contributed by atoms with Crippen LogP contribution in [0.5, 0.6) is 5.75 Å². The van der Waals surface area contributed by atoms with E-state index in [1.165, 1.54) is 12.1 Å². The molecule has 3 aromatic rings. The monoisotopic (exact) mass is 543 g/mol. The van der Waals surface area contributed by atoms with Crippen LogP contribution in [0.25, 0.3) is 10.9 Å². The molecule has 4 rings (SSSR count). The van der Waals surface area contributed by atoms with E-state index < -0.39 is 25.1 Å². The van der Waals surface area contributed by atoms with Crippen LogP contribution in [-0.2, 0) is 11.3 Å². The van der Waals surface area contributed by atoms with Crippen molar-refractivity contribution in [3.8, 4) is 5.75 Å². The van der Waals surface area contributed by atoms with Crippen LogP contribution < -0.4 is 4.74 Å². The number of aryl methyl sites for hydroxylation is 1. The number of ether oxygens (including phenoxy) is 2.